The summed E-state index contributed by atoms with van der Waals surface area (Å²) in [4.78, 5) is 26.4. The summed E-state index contributed by atoms with van der Waals surface area (Å²) in [6, 6.07) is 8.11. The molecule has 1 amide bonds. The number of aromatic nitrogens is 1. The highest BCUT2D eigenvalue weighted by Gasteiger charge is 2.20. The van der Waals surface area contributed by atoms with Crippen LogP contribution in [-0.4, -0.2) is 28.5 Å². The Morgan fingerprint density at radius 1 is 1.28 bits per heavy atom. The molecule has 0 unspecified atom stereocenters. The van der Waals surface area contributed by atoms with E-state index < -0.39 is 5.97 Å². The van der Waals surface area contributed by atoms with Crippen LogP contribution in [0.15, 0.2) is 41.1 Å². The molecule has 0 radical (unpaired) electrons. The monoisotopic (exact) mass is 340 g/mol. The van der Waals surface area contributed by atoms with Crippen molar-refractivity contribution in [2.24, 2.45) is 0 Å². The summed E-state index contributed by atoms with van der Waals surface area (Å²) < 4.78 is 5.19. The minimum atomic E-state index is -1.03. The molecule has 6 heteroatoms. The molecule has 3 N–H and O–H groups in total. The Balaban J connectivity index is 1.56. The van der Waals surface area contributed by atoms with Crippen molar-refractivity contribution in [2.75, 3.05) is 6.54 Å². The third kappa shape index (κ3) is 3.74. The third-order valence-electron chi connectivity index (χ3n) is 4.17. The Bertz CT molecular complexity index is 907. The van der Waals surface area contributed by atoms with Crippen LogP contribution >= 0.6 is 0 Å². The standard InChI is InChI=1S/C19H20N2O4/c1-12-11-25-16(9-17(22)23)18(12)19(24)20-8-4-5-13-10-21-15-7-3-2-6-14(13)15/h2-3,6-7,10-11,21H,4-5,8-9H2,1H3,(H,20,24)(H,22,23). The quantitative estimate of drug-likeness (QED) is 0.576. The number of hydrogen-bond donors (Lipinski definition) is 3. The Kier molecular flexibility index (Phi) is 4.88. The maximum Gasteiger partial charge on any atom is 0.311 e. The van der Waals surface area contributed by atoms with Gasteiger partial charge in [-0.15, -0.1) is 0 Å². The fraction of sp³-hybridized carbons (Fsp3) is 0.263. The Morgan fingerprint density at radius 2 is 2.08 bits per heavy atom. The van der Waals surface area contributed by atoms with E-state index in [0.717, 1.165) is 18.4 Å². The van der Waals surface area contributed by atoms with E-state index in [4.69, 9.17) is 9.52 Å². The van der Waals surface area contributed by atoms with E-state index in [9.17, 15) is 9.59 Å². The zero-order chi connectivity index (χ0) is 17.8. The molecule has 0 aliphatic rings. The Hall–Kier alpha value is -3.02. The van der Waals surface area contributed by atoms with E-state index in [1.54, 1.807) is 6.92 Å². The number of rotatable bonds is 7. The molecule has 25 heavy (non-hydrogen) atoms. The highest BCUT2D eigenvalue weighted by molar-refractivity contribution is 5.97. The molecule has 2 aromatic heterocycles. The van der Waals surface area contributed by atoms with Crippen molar-refractivity contribution >= 4 is 22.8 Å². The van der Waals surface area contributed by atoms with E-state index in [0.29, 0.717) is 17.7 Å². The van der Waals surface area contributed by atoms with E-state index in [1.807, 2.05) is 24.4 Å². The van der Waals surface area contributed by atoms with E-state index >= 15 is 0 Å². The first-order valence-electron chi connectivity index (χ1n) is 8.18. The number of carboxylic acid groups (broad SMARTS) is 1. The van der Waals surface area contributed by atoms with Crippen LogP contribution in [0.4, 0.5) is 0 Å². The first kappa shape index (κ1) is 16.8. The van der Waals surface area contributed by atoms with Crippen LogP contribution in [0.2, 0.25) is 0 Å². The number of carbonyl (C=O) groups is 2. The summed E-state index contributed by atoms with van der Waals surface area (Å²) in [7, 11) is 0. The van der Waals surface area contributed by atoms with E-state index in [1.165, 1.54) is 17.2 Å². The molecule has 3 aromatic rings. The van der Waals surface area contributed by atoms with Crippen LogP contribution in [0.5, 0.6) is 0 Å². The van der Waals surface area contributed by atoms with Gasteiger partial charge in [0.15, 0.2) is 0 Å². The van der Waals surface area contributed by atoms with Gasteiger partial charge in [0, 0.05) is 29.2 Å². The first-order valence-corrected chi connectivity index (χ1v) is 8.18. The lowest BCUT2D eigenvalue weighted by Crippen LogP contribution is -2.26. The van der Waals surface area contributed by atoms with E-state index in [-0.39, 0.29) is 18.1 Å². The summed E-state index contributed by atoms with van der Waals surface area (Å²) in [5.41, 5.74) is 3.30. The van der Waals surface area contributed by atoms with Crippen LogP contribution in [0.1, 0.15) is 33.7 Å². The molecule has 0 atom stereocenters. The summed E-state index contributed by atoms with van der Waals surface area (Å²) in [6.07, 6.45) is 4.75. The average Bonchev–Trinajstić information content (AvgIpc) is 3.15. The van der Waals surface area contributed by atoms with Crippen molar-refractivity contribution in [1.82, 2.24) is 10.3 Å². The molecule has 0 bridgehead atoms. The number of carbonyl (C=O) groups excluding carboxylic acids is 1. The van der Waals surface area contributed by atoms with Gasteiger partial charge < -0.3 is 19.8 Å². The van der Waals surface area contributed by atoms with Crippen molar-refractivity contribution in [1.29, 1.82) is 0 Å². The highest BCUT2D eigenvalue weighted by Crippen LogP contribution is 2.19. The van der Waals surface area contributed by atoms with Crippen molar-refractivity contribution in [3.8, 4) is 0 Å². The lowest BCUT2D eigenvalue weighted by atomic mass is 10.1. The maximum atomic E-state index is 12.3. The van der Waals surface area contributed by atoms with Gasteiger partial charge >= 0.3 is 5.97 Å². The first-order chi connectivity index (χ1) is 12.1. The molecular formula is C19H20N2O4. The lowest BCUT2D eigenvalue weighted by Gasteiger charge is -2.06. The van der Waals surface area contributed by atoms with Crippen LogP contribution in [0, 0.1) is 6.92 Å². The molecule has 0 spiro atoms. The molecule has 2 heterocycles. The van der Waals surface area contributed by atoms with Gasteiger partial charge in [-0.2, -0.15) is 0 Å². The molecule has 0 saturated carbocycles. The van der Waals surface area contributed by atoms with Crippen molar-refractivity contribution in [3.63, 3.8) is 0 Å². The predicted molar refractivity (Wildman–Crippen MR) is 93.7 cm³/mol. The summed E-state index contributed by atoms with van der Waals surface area (Å²) in [5, 5.41) is 12.9. The largest absolute Gasteiger partial charge is 0.481 e. The van der Waals surface area contributed by atoms with Gasteiger partial charge in [-0.3, -0.25) is 9.59 Å². The highest BCUT2D eigenvalue weighted by atomic mass is 16.4. The molecule has 0 aliphatic heterocycles. The lowest BCUT2D eigenvalue weighted by molar-refractivity contribution is -0.136. The van der Waals surface area contributed by atoms with Crippen LogP contribution in [-0.2, 0) is 17.6 Å². The molecule has 1 aromatic carbocycles. The number of fused-ring (bicyclic) bond motifs is 1. The summed E-state index contributed by atoms with van der Waals surface area (Å²) in [5.74, 6) is -1.12. The van der Waals surface area contributed by atoms with Crippen molar-refractivity contribution in [3.05, 3.63) is 59.2 Å². The van der Waals surface area contributed by atoms with Crippen molar-refractivity contribution in [2.45, 2.75) is 26.2 Å². The number of aromatic amines is 1. The Morgan fingerprint density at radius 3 is 2.88 bits per heavy atom. The van der Waals surface area contributed by atoms with Gasteiger partial charge in [0.25, 0.3) is 5.91 Å². The fourth-order valence-electron chi connectivity index (χ4n) is 2.98. The molecule has 0 saturated heterocycles. The van der Waals surface area contributed by atoms with Gasteiger partial charge in [-0.25, -0.2) is 0 Å². The van der Waals surface area contributed by atoms with Crippen molar-refractivity contribution < 1.29 is 19.1 Å². The zero-order valence-corrected chi connectivity index (χ0v) is 14.0. The van der Waals surface area contributed by atoms with Crippen LogP contribution in [0.25, 0.3) is 10.9 Å². The number of carboxylic acids is 1. The second-order valence-corrected chi connectivity index (χ2v) is 6.01. The number of benzene rings is 1. The predicted octanol–water partition coefficient (Wildman–Crippen LogP) is 3.06. The fourth-order valence-corrected chi connectivity index (χ4v) is 2.98. The summed E-state index contributed by atoms with van der Waals surface area (Å²) >= 11 is 0. The van der Waals surface area contributed by atoms with Crippen LogP contribution in [0.3, 0.4) is 0 Å². The minimum absolute atomic E-state index is 0.194. The number of hydrogen-bond acceptors (Lipinski definition) is 3. The minimum Gasteiger partial charge on any atom is -0.481 e. The van der Waals surface area contributed by atoms with Gasteiger partial charge in [0.2, 0.25) is 0 Å². The number of para-hydroxylation sites is 1. The molecule has 0 aliphatic carbocycles. The average molecular weight is 340 g/mol. The van der Waals surface area contributed by atoms with Crippen LogP contribution < -0.4 is 5.32 Å². The van der Waals surface area contributed by atoms with Gasteiger partial charge in [0.05, 0.1) is 11.8 Å². The maximum absolute atomic E-state index is 12.3. The van der Waals surface area contributed by atoms with E-state index in [2.05, 4.69) is 16.4 Å². The molecular weight excluding hydrogens is 320 g/mol. The van der Waals surface area contributed by atoms with Gasteiger partial charge in [0.1, 0.15) is 12.2 Å². The molecule has 0 fully saturated rings. The summed E-state index contributed by atoms with van der Waals surface area (Å²) in [6.45, 7) is 2.24. The second kappa shape index (κ2) is 7.25. The number of aliphatic carboxylic acids is 1. The smallest absolute Gasteiger partial charge is 0.311 e. The van der Waals surface area contributed by atoms with Gasteiger partial charge in [-0.05, 0) is 31.4 Å². The number of furan rings is 1. The SMILES string of the molecule is Cc1coc(CC(=O)O)c1C(=O)NCCCc1c[nH]c2ccccc12. The van der Waals surface area contributed by atoms with Gasteiger partial charge in [-0.1, -0.05) is 18.2 Å². The number of nitrogens with one attached hydrogen (secondary N) is 2. The second-order valence-electron chi connectivity index (χ2n) is 6.01. The Labute approximate surface area is 144 Å². The molecule has 3 rings (SSSR count). The number of aryl methyl sites for hydroxylation is 2. The topological polar surface area (TPSA) is 95.3 Å². The zero-order valence-electron chi connectivity index (χ0n) is 14.0. The third-order valence-corrected chi connectivity index (χ3v) is 4.17. The normalized spacial score (nSPS) is 10.9. The molecule has 6 nitrogen and oxygen atoms in total. The number of H-pyrrole nitrogens is 1. The molecule has 130 valence electrons. The number of amides is 1.